The monoisotopic (exact) mass is 326 g/mol. The fourth-order valence-electron chi connectivity index (χ4n) is 3.16. The third-order valence-corrected chi connectivity index (χ3v) is 4.59. The summed E-state index contributed by atoms with van der Waals surface area (Å²) in [5, 5.41) is 12.5. The van der Waals surface area contributed by atoms with Crippen LogP contribution in [-0.2, 0) is 4.79 Å². The molecule has 1 aromatic carbocycles. The second-order valence-electron chi connectivity index (χ2n) is 6.24. The van der Waals surface area contributed by atoms with Crippen molar-refractivity contribution in [2.24, 2.45) is 11.8 Å². The molecular formula is C20H24NO3-. The van der Waals surface area contributed by atoms with Crippen LogP contribution in [0.15, 0.2) is 36.5 Å². The van der Waals surface area contributed by atoms with Gasteiger partial charge in [0.15, 0.2) is 5.78 Å². The Labute approximate surface area is 142 Å². The topological polar surface area (TPSA) is 70.1 Å². The van der Waals surface area contributed by atoms with Crippen molar-refractivity contribution in [3.05, 3.63) is 42.1 Å². The van der Waals surface area contributed by atoms with Crippen LogP contribution in [-0.4, -0.2) is 16.7 Å². The number of carbonyl (C=O) groups excluding carboxylic acids is 2. The third kappa shape index (κ3) is 4.19. The normalized spacial score (nSPS) is 13.6. The van der Waals surface area contributed by atoms with Crippen molar-refractivity contribution in [2.75, 3.05) is 0 Å². The molecule has 2 atom stereocenters. The molecule has 0 aliphatic carbocycles. The molecule has 2 aromatic rings. The first-order valence-corrected chi connectivity index (χ1v) is 8.68. The van der Waals surface area contributed by atoms with Crippen LogP contribution in [0, 0.1) is 11.8 Å². The Morgan fingerprint density at radius 1 is 1.17 bits per heavy atom. The van der Waals surface area contributed by atoms with Crippen molar-refractivity contribution < 1.29 is 14.7 Å². The van der Waals surface area contributed by atoms with E-state index in [-0.39, 0.29) is 5.92 Å². The number of hydrogen-bond donors (Lipinski definition) is 0. The summed E-state index contributed by atoms with van der Waals surface area (Å²) in [6.07, 6.45) is 5.89. The molecule has 0 N–H and O–H groups in total. The van der Waals surface area contributed by atoms with Gasteiger partial charge in [-0.3, -0.25) is 9.78 Å². The first kappa shape index (κ1) is 18.1. The number of Topliss-reactive ketones (excluding diaryl/α,β-unsaturated/α-hetero) is 1. The SMILES string of the molecule is CCCCCC(CC)C(C(=O)[O-])C(=O)c1cnc2ccccc2c1. The van der Waals surface area contributed by atoms with Crippen LogP contribution >= 0.6 is 0 Å². The van der Waals surface area contributed by atoms with Crippen molar-refractivity contribution in [2.45, 2.75) is 46.0 Å². The Morgan fingerprint density at radius 3 is 2.58 bits per heavy atom. The third-order valence-electron chi connectivity index (χ3n) is 4.59. The maximum Gasteiger partial charge on any atom is 0.173 e. The molecule has 0 aliphatic heterocycles. The van der Waals surface area contributed by atoms with Crippen molar-refractivity contribution in [1.29, 1.82) is 0 Å². The number of aromatic nitrogens is 1. The second kappa shape index (κ2) is 8.57. The predicted molar refractivity (Wildman–Crippen MR) is 92.5 cm³/mol. The van der Waals surface area contributed by atoms with Gasteiger partial charge in [0.05, 0.1) is 17.4 Å². The highest BCUT2D eigenvalue weighted by Crippen LogP contribution is 2.26. The number of fused-ring (bicyclic) bond motifs is 1. The number of para-hydroxylation sites is 1. The van der Waals surface area contributed by atoms with Crippen molar-refractivity contribution in [1.82, 2.24) is 4.98 Å². The highest BCUT2D eigenvalue weighted by Gasteiger charge is 2.29. The van der Waals surface area contributed by atoms with E-state index in [0.29, 0.717) is 12.0 Å². The zero-order valence-corrected chi connectivity index (χ0v) is 14.3. The summed E-state index contributed by atoms with van der Waals surface area (Å²) in [6, 6.07) is 9.19. The maximum absolute atomic E-state index is 12.8. The van der Waals surface area contributed by atoms with Crippen LogP contribution < -0.4 is 5.11 Å². The van der Waals surface area contributed by atoms with Crippen molar-refractivity contribution in [3.63, 3.8) is 0 Å². The molecule has 1 heterocycles. The molecule has 0 radical (unpaired) electrons. The summed E-state index contributed by atoms with van der Waals surface area (Å²) >= 11 is 0. The average molecular weight is 326 g/mol. The molecule has 0 aliphatic rings. The number of nitrogens with zero attached hydrogens (tertiary/aromatic N) is 1. The Balaban J connectivity index is 2.27. The van der Waals surface area contributed by atoms with Gasteiger partial charge in [-0.05, 0) is 24.5 Å². The minimum atomic E-state index is -1.28. The molecule has 24 heavy (non-hydrogen) atoms. The highest BCUT2D eigenvalue weighted by molar-refractivity contribution is 6.09. The average Bonchev–Trinajstić information content (AvgIpc) is 2.59. The predicted octanol–water partition coefficient (Wildman–Crippen LogP) is 3.39. The molecule has 2 unspecified atom stereocenters. The molecule has 0 saturated carbocycles. The number of unbranched alkanes of at least 4 members (excludes halogenated alkanes) is 2. The van der Waals surface area contributed by atoms with Crippen LogP contribution in [0.2, 0.25) is 0 Å². The molecule has 128 valence electrons. The van der Waals surface area contributed by atoms with Gasteiger partial charge in [-0.25, -0.2) is 0 Å². The summed E-state index contributed by atoms with van der Waals surface area (Å²) in [7, 11) is 0. The van der Waals surface area contributed by atoms with Gasteiger partial charge in [-0.15, -0.1) is 0 Å². The summed E-state index contributed by atoms with van der Waals surface area (Å²) in [5.74, 6) is -2.97. The number of pyridine rings is 1. The Bertz CT molecular complexity index is 711. The second-order valence-corrected chi connectivity index (χ2v) is 6.24. The summed E-state index contributed by atoms with van der Waals surface area (Å²) in [4.78, 5) is 28.7. The van der Waals surface area contributed by atoms with E-state index >= 15 is 0 Å². The minimum absolute atomic E-state index is 0.194. The van der Waals surface area contributed by atoms with Crippen LogP contribution in [0.3, 0.4) is 0 Å². The number of carboxylic acids is 1. The lowest BCUT2D eigenvalue weighted by molar-refractivity contribution is -0.310. The van der Waals surface area contributed by atoms with Gasteiger partial charge in [0, 0.05) is 17.1 Å². The molecule has 0 saturated heterocycles. The fraction of sp³-hybridized carbons (Fsp3) is 0.450. The van der Waals surface area contributed by atoms with Gasteiger partial charge in [0.25, 0.3) is 0 Å². The molecule has 4 nitrogen and oxygen atoms in total. The minimum Gasteiger partial charge on any atom is -0.549 e. The lowest BCUT2D eigenvalue weighted by Gasteiger charge is -2.26. The van der Waals surface area contributed by atoms with Crippen LogP contribution in [0.4, 0.5) is 0 Å². The van der Waals surface area contributed by atoms with Crippen LogP contribution in [0.25, 0.3) is 10.9 Å². The Kier molecular flexibility index (Phi) is 6.47. The van der Waals surface area contributed by atoms with Gasteiger partial charge in [-0.2, -0.15) is 0 Å². The van der Waals surface area contributed by atoms with E-state index in [1.165, 1.54) is 6.20 Å². The summed E-state index contributed by atoms with van der Waals surface area (Å²) < 4.78 is 0. The number of carbonyl (C=O) groups is 2. The Hall–Kier alpha value is -2.23. The molecule has 2 rings (SSSR count). The van der Waals surface area contributed by atoms with Gasteiger partial charge in [0.2, 0.25) is 0 Å². The zero-order valence-electron chi connectivity index (χ0n) is 14.3. The fourth-order valence-corrected chi connectivity index (χ4v) is 3.16. The van der Waals surface area contributed by atoms with E-state index in [4.69, 9.17) is 0 Å². The standard InChI is InChI=1S/C20H25NO3/c1-3-5-6-9-14(4-2)18(20(23)24)19(22)16-12-15-10-7-8-11-17(15)21-13-16/h7-8,10-14,18H,3-6,9H2,1-2H3,(H,23,24)/p-1. The maximum atomic E-state index is 12.8. The van der Waals surface area contributed by atoms with Crippen LogP contribution in [0.1, 0.15) is 56.3 Å². The number of benzene rings is 1. The smallest absolute Gasteiger partial charge is 0.173 e. The molecule has 0 amide bonds. The van der Waals surface area contributed by atoms with E-state index in [0.717, 1.165) is 36.6 Å². The van der Waals surface area contributed by atoms with Gasteiger partial charge < -0.3 is 9.90 Å². The molecule has 0 bridgehead atoms. The van der Waals surface area contributed by atoms with Crippen molar-refractivity contribution in [3.8, 4) is 0 Å². The molecule has 0 fully saturated rings. The first-order valence-electron chi connectivity index (χ1n) is 8.68. The Morgan fingerprint density at radius 2 is 1.92 bits per heavy atom. The summed E-state index contributed by atoms with van der Waals surface area (Å²) in [6.45, 7) is 4.03. The van der Waals surface area contributed by atoms with E-state index in [1.807, 2.05) is 31.2 Å². The lowest BCUT2D eigenvalue weighted by atomic mass is 9.81. The van der Waals surface area contributed by atoms with E-state index in [9.17, 15) is 14.7 Å². The number of carboxylic acid groups (broad SMARTS) is 1. The van der Waals surface area contributed by atoms with Crippen LogP contribution in [0.5, 0.6) is 0 Å². The molecule has 4 heteroatoms. The number of aliphatic carboxylic acids is 1. The molecular weight excluding hydrogens is 302 g/mol. The largest absolute Gasteiger partial charge is 0.549 e. The van der Waals surface area contributed by atoms with Gasteiger partial charge in [-0.1, -0.05) is 57.7 Å². The first-order chi connectivity index (χ1) is 11.6. The number of ketones is 1. The van der Waals surface area contributed by atoms with Crippen molar-refractivity contribution >= 4 is 22.7 Å². The zero-order chi connectivity index (χ0) is 17.5. The van der Waals surface area contributed by atoms with E-state index in [1.54, 1.807) is 6.07 Å². The molecule has 1 aromatic heterocycles. The quantitative estimate of drug-likeness (QED) is 0.402. The molecule has 0 spiro atoms. The summed E-state index contributed by atoms with van der Waals surface area (Å²) in [5.41, 5.74) is 1.13. The lowest BCUT2D eigenvalue weighted by Crippen LogP contribution is -2.41. The van der Waals surface area contributed by atoms with E-state index < -0.39 is 17.7 Å². The number of rotatable bonds is 9. The van der Waals surface area contributed by atoms with Gasteiger partial charge in [0.1, 0.15) is 0 Å². The van der Waals surface area contributed by atoms with Gasteiger partial charge >= 0.3 is 0 Å². The highest BCUT2D eigenvalue weighted by atomic mass is 16.4. The number of hydrogen-bond acceptors (Lipinski definition) is 4. The van der Waals surface area contributed by atoms with E-state index in [2.05, 4.69) is 11.9 Å².